The van der Waals surface area contributed by atoms with Crippen molar-refractivity contribution in [2.75, 3.05) is 13.2 Å². The van der Waals surface area contributed by atoms with Gasteiger partial charge in [-0.25, -0.2) is 0 Å². The SMILES string of the molecule is Cl.N#Cc1cc(Cl)cc(OCCN)c1. The highest BCUT2D eigenvalue weighted by Gasteiger charge is 1.99. The number of halogens is 2. The van der Waals surface area contributed by atoms with E-state index >= 15 is 0 Å². The van der Waals surface area contributed by atoms with Gasteiger partial charge in [0, 0.05) is 11.6 Å². The normalized spacial score (nSPS) is 8.64. The van der Waals surface area contributed by atoms with Gasteiger partial charge in [-0.15, -0.1) is 12.4 Å². The van der Waals surface area contributed by atoms with Gasteiger partial charge in [-0.1, -0.05) is 11.6 Å². The number of ether oxygens (including phenoxy) is 1. The molecule has 0 saturated carbocycles. The van der Waals surface area contributed by atoms with Crippen LogP contribution in [-0.2, 0) is 0 Å². The zero-order chi connectivity index (χ0) is 9.68. The second-order valence-electron chi connectivity index (χ2n) is 2.42. The Balaban J connectivity index is 0.00000169. The molecule has 0 aliphatic carbocycles. The summed E-state index contributed by atoms with van der Waals surface area (Å²) in [6.45, 7) is 0.861. The first-order valence-electron chi connectivity index (χ1n) is 3.80. The molecule has 1 aromatic carbocycles. The molecule has 2 N–H and O–H groups in total. The summed E-state index contributed by atoms with van der Waals surface area (Å²) < 4.78 is 5.22. The van der Waals surface area contributed by atoms with Crippen molar-refractivity contribution in [1.82, 2.24) is 0 Å². The third-order valence-corrected chi connectivity index (χ3v) is 1.61. The zero-order valence-electron chi connectivity index (χ0n) is 7.37. The molecular weight excluding hydrogens is 223 g/mol. The van der Waals surface area contributed by atoms with Gasteiger partial charge >= 0.3 is 0 Å². The smallest absolute Gasteiger partial charge is 0.122 e. The lowest BCUT2D eigenvalue weighted by Gasteiger charge is -2.04. The minimum absolute atomic E-state index is 0. The molecule has 0 aliphatic rings. The lowest BCUT2D eigenvalue weighted by Crippen LogP contribution is -2.10. The molecule has 5 heteroatoms. The van der Waals surface area contributed by atoms with Crippen LogP contribution in [0.25, 0.3) is 0 Å². The Kier molecular flexibility index (Phi) is 6.06. The number of benzene rings is 1. The number of rotatable bonds is 3. The molecule has 1 aromatic rings. The molecule has 0 bridgehead atoms. The van der Waals surface area contributed by atoms with E-state index in [1.54, 1.807) is 18.2 Å². The molecule has 0 aromatic heterocycles. The van der Waals surface area contributed by atoms with Crippen LogP contribution in [0.4, 0.5) is 0 Å². The van der Waals surface area contributed by atoms with Gasteiger partial charge in [0.05, 0.1) is 11.6 Å². The topological polar surface area (TPSA) is 59.0 Å². The van der Waals surface area contributed by atoms with Gasteiger partial charge in [-0.05, 0) is 18.2 Å². The van der Waals surface area contributed by atoms with E-state index < -0.39 is 0 Å². The Hall–Kier alpha value is -0.950. The summed E-state index contributed by atoms with van der Waals surface area (Å²) in [5, 5.41) is 9.11. The number of nitrogens with zero attached hydrogens (tertiary/aromatic N) is 1. The van der Waals surface area contributed by atoms with Crippen molar-refractivity contribution in [3.05, 3.63) is 28.8 Å². The second-order valence-corrected chi connectivity index (χ2v) is 2.86. The van der Waals surface area contributed by atoms with Crippen LogP contribution in [0.5, 0.6) is 5.75 Å². The van der Waals surface area contributed by atoms with Crippen LogP contribution in [0.2, 0.25) is 5.02 Å². The summed E-state index contributed by atoms with van der Waals surface area (Å²) in [5.41, 5.74) is 5.75. The van der Waals surface area contributed by atoms with E-state index in [-0.39, 0.29) is 12.4 Å². The molecular formula is C9H10Cl2N2O. The summed E-state index contributed by atoms with van der Waals surface area (Å²) in [4.78, 5) is 0. The third-order valence-electron chi connectivity index (χ3n) is 1.39. The van der Waals surface area contributed by atoms with Crippen LogP contribution < -0.4 is 10.5 Å². The molecule has 0 fully saturated rings. The maximum absolute atomic E-state index is 8.62. The Labute approximate surface area is 93.8 Å². The predicted molar refractivity (Wildman–Crippen MR) is 58.0 cm³/mol. The maximum Gasteiger partial charge on any atom is 0.122 e. The van der Waals surface area contributed by atoms with Crippen molar-refractivity contribution >= 4 is 24.0 Å². The zero-order valence-corrected chi connectivity index (χ0v) is 8.94. The first-order valence-corrected chi connectivity index (χ1v) is 4.17. The first-order chi connectivity index (χ1) is 6.26. The molecule has 0 atom stereocenters. The van der Waals surface area contributed by atoms with Crippen LogP contribution >= 0.6 is 24.0 Å². The van der Waals surface area contributed by atoms with Crippen molar-refractivity contribution in [2.24, 2.45) is 5.73 Å². The summed E-state index contributed by atoms with van der Waals surface area (Å²) in [6, 6.07) is 6.85. The minimum atomic E-state index is 0. The Morgan fingerprint density at radius 3 is 2.71 bits per heavy atom. The molecule has 0 amide bonds. The first kappa shape index (κ1) is 13.1. The molecule has 0 radical (unpaired) electrons. The fourth-order valence-electron chi connectivity index (χ4n) is 0.887. The summed E-state index contributed by atoms with van der Waals surface area (Å²) in [6.07, 6.45) is 0. The van der Waals surface area contributed by atoms with E-state index in [9.17, 15) is 0 Å². The quantitative estimate of drug-likeness (QED) is 0.868. The Bertz CT molecular complexity index is 336. The van der Waals surface area contributed by atoms with Gasteiger partial charge < -0.3 is 10.5 Å². The fourth-order valence-corrected chi connectivity index (χ4v) is 1.11. The Morgan fingerprint density at radius 1 is 1.43 bits per heavy atom. The monoisotopic (exact) mass is 232 g/mol. The standard InChI is InChI=1S/C9H9ClN2O.ClH/c10-8-3-7(6-12)4-9(5-8)13-2-1-11;/h3-5H,1-2,11H2;1H. The molecule has 76 valence electrons. The van der Waals surface area contributed by atoms with Crippen LogP contribution in [0.3, 0.4) is 0 Å². The summed E-state index contributed by atoms with van der Waals surface area (Å²) in [5.74, 6) is 0.578. The number of hydrogen-bond acceptors (Lipinski definition) is 3. The van der Waals surface area contributed by atoms with Gasteiger partial charge in [0.25, 0.3) is 0 Å². The molecule has 0 saturated heterocycles. The summed E-state index contributed by atoms with van der Waals surface area (Å²) >= 11 is 5.75. The Morgan fingerprint density at radius 2 is 2.14 bits per heavy atom. The van der Waals surface area contributed by atoms with E-state index in [0.717, 1.165) is 0 Å². The van der Waals surface area contributed by atoms with Gasteiger partial charge in [-0.3, -0.25) is 0 Å². The fraction of sp³-hybridized carbons (Fsp3) is 0.222. The van der Waals surface area contributed by atoms with Crippen molar-refractivity contribution in [3.63, 3.8) is 0 Å². The third kappa shape index (κ3) is 3.84. The van der Waals surface area contributed by atoms with Gasteiger partial charge in [0.1, 0.15) is 12.4 Å². The van der Waals surface area contributed by atoms with Gasteiger partial charge in [-0.2, -0.15) is 5.26 Å². The van der Waals surface area contributed by atoms with Crippen molar-refractivity contribution in [3.8, 4) is 11.8 Å². The van der Waals surface area contributed by atoms with Crippen molar-refractivity contribution < 1.29 is 4.74 Å². The van der Waals surface area contributed by atoms with Crippen LogP contribution in [0.15, 0.2) is 18.2 Å². The molecule has 3 nitrogen and oxygen atoms in total. The van der Waals surface area contributed by atoms with Crippen LogP contribution in [-0.4, -0.2) is 13.2 Å². The van der Waals surface area contributed by atoms with Gasteiger partial charge in [0.15, 0.2) is 0 Å². The van der Waals surface area contributed by atoms with E-state index in [2.05, 4.69) is 0 Å². The average molecular weight is 233 g/mol. The molecule has 1 rings (SSSR count). The van der Waals surface area contributed by atoms with Gasteiger partial charge in [0.2, 0.25) is 0 Å². The van der Waals surface area contributed by atoms with E-state index in [1.807, 2.05) is 6.07 Å². The molecule has 0 unspecified atom stereocenters. The van der Waals surface area contributed by atoms with Crippen LogP contribution in [0.1, 0.15) is 5.56 Å². The van der Waals surface area contributed by atoms with Crippen molar-refractivity contribution in [1.29, 1.82) is 5.26 Å². The molecule has 0 heterocycles. The van der Waals surface area contributed by atoms with Crippen LogP contribution in [0, 0.1) is 11.3 Å². The number of nitrogens with two attached hydrogens (primary N) is 1. The summed E-state index contributed by atoms with van der Waals surface area (Å²) in [7, 11) is 0. The largest absolute Gasteiger partial charge is 0.492 e. The predicted octanol–water partition coefficient (Wildman–Crippen LogP) is 1.97. The molecule has 0 aliphatic heterocycles. The van der Waals surface area contributed by atoms with E-state index in [0.29, 0.717) is 29.5 Å². The van der Waals surface area contributed by atoms with Crippen molar-refractivity contribution in [2.45, 2.75) is 0 Å². The maximum atomic E-state index is 8.62. The highest BCUT2D eigenvalue weighted by atomic mass is 35.5. The van der Waals surface area contributed by atoms with E-state index in [1.165, 1.54) is 0 Å². The second kappa shape index (κ2) is 6.50. The molecule has 0 spiro atoms. The number of nitriles is 1. The lowest BCUT2D eigenvalue weighted by molar-refractivity contribution is 0.328. The average Bonchev–Trinajstić information content (AvgIpc) is 2.14. The van der Waals surface area contributed by atoms with E-state index in [4.69, 9.17) is 27.3 Å². The lowest BCUT2D eigenvalue weighted by atomic mass is 10.2. The highest BCUT2D eigenvalue weighted by molar-refractivity contribution is 6.30. The highest BCUT2D eigenvalue weighted by Crippen LogP contribution is 2.20. The molecule has 14 heavy (non-hydrogen) atoms. The minimum Gasteiger partial charge on any atom is -0.492 e. The number of hydrogen-bond donors (Lipinski definition) is 1.